The average Bonchev–Trinajstić information content (AvgIpc) is 2.97. The molecule has 0 fully saturated rings. The van der Waals surface area contributed by atoms with Gasteiger partial charge < -0.3 is 4.52 Å². The molecule has 0 radical (unpaired) electrons. The molecule has 0 bridgehead atoms. The fraction of sp³-hybridized carbons (Fsp3) is 0.375. The van der Waals surface area contributed by atoms with Crippen LogP contribution in [0.1, 0.15) is 42.6 Å². The summed E-state index contributed by atoms with van der Waals surface area (Å²) in [6, 6.07) is 7.52. The third kappa shape index (κ3) is 4.77. The minimum atomic E-state index is -0.307. The zero-order valence-corrected chi connectivity index (χ0v) is 13.2. The zero-order valence-electron chi connectivity index (χ0n) is 11.6. The molecule has 112 valence electrons. The molecule has 0 aliphatic carbocycles. The van der Waals surface area contributed by atoms with Gasteiger partial charge in [0.15, 0.2) is 11.5 Å². The topological polar surface area (TPSA) is 43.1 Å². The van der Waals surface area contributed by atoms with Gasteiger partial charge in [0.05, 0.1) is 0 Å². The van der Waals surface area contributed by atoms with Crippen LogP contribution in [0.3, 0.4) is 0 Å². The van der Waals surface area contributed by atoms with Crippen LogP contribution in [0, 0.1) is 5.82 Å². The Balaban J connectivity index is 1.90. The van der Waals surface area contributed by atoms with Crippen molar-refractivity contribution in [3.8, 4) is 11.3 Å². The van der Waals surface area contributed by atoms with E-state index < -0.39 is 0 Å². The van der Waals surface area contributed by atoms with E-state index in [0.717, 1.165) is 31.0 Å². The number of ketones is 1. The van der Waals surface area contributed by atoms with Gasteiger partial charge in [-0.05, 0) is 37.1 Å². The van der Waals surface area contributed by atoms with Gasteiger partial charge in [-0.1, -0.05) is 33.9 Å². The van der Waals surface area contributed by atoms with Gasteiger partial charge in [-0.2, -0.15) is 0 Å². The zero-order chi connectivity index (χ0) is 15.1. The van der Waals surface area contributed by atoms with E-state index in [1.54, 1.807) is 18.2 Å². The molecule has 0 saturated heterocycles. The van der Waals surface area contributed by atoms with Gasteiger partial charge in [-0.15, -0.1) is 0 Å². The maximum atomic E-state index is 12.9. The molecule has 0 amide bonds. The molecule has 1 aromatic heterocycles. The first-order chi connectivity index (χ1) is 10.2. The number of halogens is 2. The van der Waals surface area contributed by atoms with Crippen LogP contribution in [-0.4, -0.2) is 16.3 Å². The molecule has 1 heterocycles. The van der Waals surface area contributed by atoms with Crippen LogP contribution in [0.15, 0.2) is 34.9 Å². The predicted molar refractivity (Wildman–Crippen MR) is 83.1 cm³/mol. The van der Waals surface area contributed by atoms with Gasteiger partial charge in [-0.3, -0.25) is 4.79 Å². The lowest BCUT2D eigenvalue weighted by Gasteiger charge is -1.97. The SMILES string of the molecule is O=C(CCCCCCBr)c1cc(-c2ccc(F)cc2)on1. The maximum absolute atomic E-state index is 12.9. The Labute approximate surface area is 131 Å². The summed E-state index contributed by atoms with van der Waals surface area (Å²) in [6.07, 6.45) is 4.65. The van der Waals surface area contributed by atoms with E-state index in [1.165, 1.54) is 12.1 Å². The molecule has 0 saturated carbocycles. The number of alkyl halides is 1. The Kier molecular flexibility index (Phi) is 6.11. The molecule has 21 heavy (non-hydrogen) atoms. The third-order valence-electron chi connectivity index (χ3n) is 3.21. The van der Waals surface area contributed by atoms with E-state index >= 15 is 0 Å². The fourth-order valence-corrected chi connectivity index (χ4v) is 2.41. The van der Waals surface area contributed by atoms with Gasteiger partial charge in [0.2, 0.25) is 0 Å². The molecule has 0 aliphatic rings. The van der Waals surface area contributed by atoms with Crippen LogP contribution in [0.2, 0.25) is 0 Å². The van der Waals surface area contributed by atoms with Gasteiger partial charge in [0.1, 0.15) is 11.5 Å². The van der Waals surface area contributed by atoms with E-state index in [2.05, 4.69) is 21.1 Å². The summed E-state index contributed by atoms with van der Waals surface area (Å²) in [4.78, 5) is 12.0. The number of hydrogen-bond donors (Lipinski definition) is 0. The Morgan fingerprint density at radius 3 is 2.57 bits per heavy atom. The molecule has 0 N–H and O–H groups in total. The molecule has 2 aromatic rings. The fourth-order valence-electron chi connectivity index (χ4n) is 2.02. The van der Waals surface area contributed by atoms with E-state index in [9.17, 15) is 9.18 Å². The number of benzene rings is 1. The predicted octanol–water partition coefficient (Wildman–Crippen LogP) is 5.01. The van der Waals surface area contributed by atoms with Crippen LogP contribution in [0.5, 0.6) is 0 Å². The van der Waals surface area contributed by atoms with Crippen LogP contribution >= 0.6 is 15.9 Å². The molecular weight excluding hydrogens is 337 g/mol. The second kappa shape index (κ2) is 8.08. The number of unbranched alkanes of at least 4 members (excludes halogenated alkanes) is 3. The first-order valence-corrected chi connectivity index (χ1v) is 8.14. The Hall–Kier alpha value is -1.49. The number of carbonyl (C=O) groups is 1. The van der Waals surface area contributed by atoms with E-state index in [0.29, 0.717) is 23.4 Å². The molecule has 0 spiro atoms. The van der Waals surface area contributed by atoms with Gasteiger partial charge in [-0.25, -0.2) is 4.39 Å². The van der Waals surface area contributed by atoms with Crippen LogP contribution in [-0.2, 0) is 0 Å². The summed E-state index contributed by atoms with van der Waals surface area (Å²) in [5.74, 6) is 0.168. The number of Topliss-reactive ketones (excluding diaryl/α,β-unsaturated/α-hetero) is 1. The second-order valence-electron chi connectivity index (χ2n) is 4.86. The molecule has 1 aromatic carbocycles. The lowest BCUT2D eigenvalue weighted by atomic mass is 10.1. The Morgan fingerprint density at radius 1 is 1.14 bits per heavy atom. The highest BCUT2D eigenvalue weighted by Crippen LogP contribution is 2.21. The molecule has 0 unspecified atom stereocenters. The van der Waals surface area contributed by atoms with Crippen LogP contribution in [0.4, 0.5) is 4.39 Å². The number of aromatic nitrogens is 1. The van der Waals surface area contributed by atoms with Crippen molar-refractivity contribution >= 4 is 21.7 Å². The summed E-state index contributed by atoms with van der Waals surface area (Å²) in [5.41, 5.74) is 1.05. The summed E-state index contributed by atoms with van der Waals surface area (Å²) in [7, 11) is 0. The van der Waals surface area contributed by atoms with Crippen LogP contribution < -0.4 is 0 Å². The number of nitrogens with zero attached hydrogens (tertiary/aromatic N) is 1. The van der Waals surface area contributed by atoms with Gasteiger partial charge >= 0.3 is 0 Å². The minimum absolute atomic E-state index is 0.00838. The molecule has 0 atom stereocenters. The smallest absolute Gasteiger partial charge is 0.184 e. The Morgan fingerprint density at radius 2 is 1.86 bits per heavy atom. The molecule has 0 aliphatic heterocycles. The van der Waals surface area contributed by atoms with Gasteiger partial charge in [0.25, 0.3) is 0 Å². The highest BCUT2D eigenvalue weighted by molar-refractivity contribution is 9.09. The summed E-state index contributed by atoms with van der Waals surface area (Å²) in [5, 5.41) is 4.81. The minimum Gasteiger partial charge on any atom is -0.356 e. The normalized spacial score (nSPS) is 10.8. The highest BCUT2D eigenvalue weighted by atomic mass is 79.9. The maximum Gasteiger partial charge on any atom is 0.184 e. The quantitative estimate of drug-likeness (QED) is 0.380. The summed E-state index contributed by atoms with van der Waals surface area (Å²) < 4.78 is 18.0. The number of carbonyl (C=O) groups excluding carboxylic acids is 1. The summed E-state index contributed by atoms with van der Waals surface area (Å²) >= 11 is 3.38. The van der Waals surface area contributed by atoms with Crippen molar-refractivity contribution in [2.45, 2.75) is 32.1 Å². The number of rotatable bonds is 8. The standard InChI is InChI=1S/C16H17BrFNO2/c17-10-4-2-1-3-5-15(20)14-11-16(21-19-14)12-6-8-13(18)9-7-12/h6-9,11H,1-5,10H2. The largest absolute Gasteiger partial charge is 0.356 e. The number of hydrogen-bond acceptors (Lipinski definition) is 3. The van der Waals surface area contributed by atoms with E-state index in [1.807, 2.05) is 0 Å². The molecule has 2 rings (SSSR count). The Bertz CT molecular complexity index is 580. The second-order valence-corrected chi connectivity index (χ2v) is 5.65. The van der Waals surface area contributed by atoms with E-state index in [4.69, 9.17) is 4.52 Å². The highest BCUT2D eigenvalue weighted by Gasteiger charge is 2.13. The lowest BCUT2D eigenvalue weighted by molar-refractivity contribution is 0.0970. The first-order valence-electron chi connectivity index (χ1n) is 7.02. The van der Waals surface area contributed by atoms with Crippen molar-refractivity contribution in [2.24, 2.45) is 0 Å². The average molecular weight is 354 g/mol. The molecular formula is C16H17BrFNO2. The summed E-state index contributed by atoms with van der Waals surface area (Å²) in [6.45, 7) is 0. The van der Waals surface area contributed by atoms with Crippen molar-refractivity contribution in [3.05, 3.63) is 41.8 Å². The molecule has 3 nitrogen and oxygen atoms in total. The van der Waals surface area contributed by atoms with Crippen LogP contribution in [0.25, 0.3) is 11.3 Å². The van der Waals surface area contributed by atoms with Crippen molar-refractivity contribution in [3.63, 3.8) is 0 Å². The van der Waals surface area contributed by atoms with Crippen molar-refractivity contribution in [1.82, 2.24) is 5.16 Å². The lowest BCUT2D eigenvalue weighted by Crippen LogP contribution is -1.98. The van der Waals surface area contributed by atoms with Gasteiger partial charge in [0, 0.05) is 23.4 Å². The monoisotopic (exact) mass is 353 g/mol. The third-order valence-corrected chi connectivity index (χ3v) is 3.77. The van der Waals surface area contributed by atoms with E-state index in [-0.39, 0.29) is 11.6 Å². The van der Waals surface area contributed by atoms with Crippen molar-refractivity contribution in [1.29, 1.82) is 0 Å². The van der Waals surface area contributed by atoms with Crippen molar-refractivity contribution in [2.75, 3.05) is 5.33 Å². The van der Waals surface area contributed by atoms with Crippen molar-refractivity contribution < 1.29 is 13.7 Å². The first kappa shape index (κ1) is 15.9. The molecule has 5 heteroatoms.